The highest BCUT2D eigenvalue weighted by atomic mass is 127. The number of hydrogen-bond donors (Lipinski definition) is 3. The summed E-state index contributed by atoms with van der Waals surface area (Å²) in [7, 11) is 4.52. The van der Waals surface area contributed by atoms with E-state index in [9.17, 15) is 39.3 Å². The predicted octanol–water partition coefficient (Wildman–Crippen LogP) is 6.35. The molecule has 0 aromatic heterocycles. The number of methoxy groups -OCH3 is 3. The third kappa shape index (κ3) is 14.7. The van der Waals surface area contributed by atoms with Gasteiger partial charge in [0.15, 0.2) is 5.78 Å². The maximum absolute atomic E-state index is 14.4. The molecule has 3 fully saturated rings. The number of hydrogen-bond acceptors (Lipinski definition) is 13. The molecule has 1 amide bonds. The second kappa shape index (κ2) is 25.6. The molecule has 15 atom stereocenters. The molecule has 0 aromatic rings. The molecule has 0 unspecified atom stereocenters. The summed E-state index contributed by atoms with van der Waals surface area (Å²) in [6.07, 6.45) is 11.1. The number of ether oxygens (including phenoxy) is 5. The SMILES string of the molecule is CO[C@H]1C[C@@H]2CC[C@@H](C)[C@@](O)(O2)C(=O)C(=O)N2CCCC[C@H]2C(=O)O[C@H]([C@H](I)C[C@@H]2CC[C@@H](O)[C@H](OC)C2)CC(=O)[C@H](C)/C=C(\C)[C@@H](O)[C@@H](OC)C(=O)[C@H](C)C[C@H](C)/C=C/C=C/C=C/1C. The number of fused-ring (bicyclic) bond motifs is 3. The van der Waals surface area contributed by atoms with Gasteiger partial charge in [-0.1, -0.05) is 86.7 Å². The van der Waals surface area contributed by atoms with Gasteiger partial charge in [0.1, 0.15) is 30.1 Å². The first-order valence-corrected chi connectivity index (χ1v) is 24.8. The standard InChI is InChI=1S/C50H76INO13/c1-29-15-11-10-12-16-30(2)41(61-7)27-36-20-18-34(6)50(60,65-36)47(57)48(58)52-22-14-13-17-38(52)49(59)64-42(37(51)25-35-19-21-39(53)43(26-35)62-8)28-40(54)31(3)24-33(5)45(56)46(63-9)44(55)32(4)23-29/h10-12,15-16,24,29,31-32,34-39,41-43,45-46,53,56,60H,13-14,17-23,25-28H2,1-9H3/b12-10+,15-11+,30-16+,33-24+/t29-,31-,32-,34-,35+,36+,37-,38+,39-,41+,42+,43-,45-,46+,50-/m1/s1. The average Bonchev–Trinajstić information content (AvgIpc) is 3.28. The van der Waals surface area contributed by atoms with Crippen molar-refractivity contribution < 1.29 is 63.0 Å². The molecule has 1 saturated carbocycles. The molecule has 0 spiro atoms. The van der Waals surface area contributed by atoms with Crippen LogP contribution in [-0.2, 0) is 47.7 Å². The molecular weight excluding hydrogens is 949 g/mol. The second-order valence-corrected chi connectivity index (χ2v) is 20.7. The van der Waals surface area contributed by atoms with Crippen molar-refractivity contribution in [3.63, 3.8) is 0 Å². The monoisotopic (exact) mass is 1030 g/mol. The number of carbonyl (C=O) groups excluding carboxylic acids is 5. The first-order chi connectivity index (χ1) is 30.7. The minimum Gasteiger partial charge on any atom is -0.459 e. The summed E-state index contributed by atoms with van der Waals surface area (Å²) in [6, 6.07) is -1.14. The largest absolute Gasteiger partial charge is 0.459 e. The van der Waals surface area contributed by atoms with Crippen molar-refractivity contribution in [2.24, 2.45) is 29.6 Å². The van der Waals surface area contributed by atoms with E-state index in [0.29, 0.717) is 63.4 Å². The molecule has 2 bridgehead atoms. The van der Waals surface area contributed by atoms with E-state index in [2.05, 4.69) is 22.6 Å². The van der Waals surface area contributed by atoms with Crippen molar-refractivity contribution in [3.05, 3.63) is 47.6 Å². The lowest BCUT2D eigenvalue weighted by Gasteiger charge is -2.42. The van der Waals surface area contributed by atoms with Gasteiger partial charge >= 0.3 is 5.97 Å². The lowest BCUT2D eigenvalue weighted by atomic mass is 9.81. The van der Waals surface area contributed by atoms with Crippen LogP contribution in [0.25, 0.3) is 0 Å². The van der Waals surface area contributed by atoms with Gasteiger partial charge in [0.25, 0.3) is 11.7 Å². The molecule has 1 aliphatic carbocycles. The number of piperidine rings is 1. The molecule has 4 aliphatic rings. The van der Waals surface area contributed by atoms with E-state index in [1.807, 2.05) is 51.2 Å². The first-order valence-electron chi connectivity index (χ1n) is 23.6. The van der Waals surface area contributed by atoms with Gasteiger partial charge in [0.05, 0.1) is 24.4 Å². The summed E-state index contributed by atoms with van der Waals surface area (Å²) < 4.78 is 29.0. The zero-order valence-electron chi connectivity index (χ0n) is 40.0. The van der Waals surface area contributed by atoms with E-state index in [-0.39, 0.29) is 52.8 Å². The van der Waals surface area contributed by atoms with Gasteiger partial charge in [0.2, 0.25) is 5.79 Å². The Morgan fingerprint density at radius 3 is 2.26 bits per heavy atom. The van der Waals surface area contributed by atoms with Crippen molar-refractivity contribution in [2.45, 2.75) is 177 Å². The number of nitrogens with zero attached hydrogens (tertiary/aromatic N) is 1. The topological polar surface area (TPSA) is 195 Å². The number of alkyl halides is 1. The van der Waals surface area contributed by atoms with Gasteiger partial charge in [-0.05, 0) is 101 Å². The summed E-state index contributed by atoms with van der Waals surface area (Å²) in [5.74, 6) is -7.65. The average molecular weight is 1030 g/mol. The molecule has 0 aromatic carbocycles. The van der Waals surface area contributed by atoms with Crippen molar-refractivity contribution in [3.8, 4) is 0 Å². The Bertz CT molecular complexity index is 1760. The molecule has 14 nitrogen and oxygen atoms in total. The lowest BCUT2D eigenvalue weighted by Crippen LogP contribution is -2.61. The molecule has 0 radical (unpaired) electrons. The van der Waals surface area contributed by atoms with Crippen molar-refractivity contribution >= 4 is 51.8 Å². The first kappa shape index (κ1) is 55.0. The van der Waals surface area contributed by atoms with E-state index >= 15 is 0 Å². The summed E-state index contributed by atoms with van der Waals surface area (Å²) in [5, 5.41) is 33.8. The maximum atomic E-state index is 14.4. The number of aliphatic hydroxyl groups is 3. The van der Waals surface area contributed by atoms with Crippen LogP contribution in [0.2, 0.25) is 0 Å². The van der Waals surface area contributed by atoms with E-state index < -0.39 is 83.9 Å². The Morgan fingerprint density at radius 1 is 0.862 bits per heavy atom. The second-order valence-electron chi connectivity index (χ2n) is 19.1. The quantitative estimate of drug-likeness (QED) is 0.0877. The fourth-order valence-electron chi connectivity index (χ4n) is 9.79. The van der Waals surface area contributed by atoms with Crippen LogP contribution < -0.4 is 0 Å². The number of allylic oxidation sites excluding steroid dienone is 6. The molecule has 4 rings (SSSR count). The number of amides is 1. The van der Waals surface area contributed by atoms with Gasteiger partial charge in [-0.3, -0.25) is 19.2 Å². The smallest absolute Gasteiger partial charge is 0.329 e. The molecule has 2 saturated heterocycles. The van der Waals surface area contributed by atoms with Gasteiger partial charge in [-0.15, -0.1) is 0 Å². The third-order valence-corrected chi connectivity index (χ3v) is 15.4. The van der Waals surface area contributed by atoms with E-state index in [0.717, 1.165) is 12.0 Å². The number of Topliss-reactive ketones (excluding diaryl/α,β-unsaturated/α-hetero) is 3. The van der Waals surface area contributed by atoms with Crippen LogP contribution in [0.4, 0.5) is 0 Å². The predicted molar refractivity (Wildman–Crippen MR) is 254 cm³/mol. The minimum atomic E-state index is -2.43. The number of rotatable bonds is 6. The van der Waals surface area contributed by atoms with Crippen LogP contribution in [0, 0.1) is 29.6 Å². The van der Waals surface area contributed by atoms with Gasteiger partial charge in [0, 0.05) is 62.4 Å². The summed E-state index contributed by atoms with van der Waals surface area (Å²) in [5.41, 5.74) is 1.26. The van der Waals surface area contributed by atoms with Crippen LogP contribution in [0.1, 0.15) is 119 Å². The fraction of sp³-hybridized carbons (Fsp3) is 0.740. The highest BCUT2D eigenvalue weighted by Gasteiger charge is 2.53. The Balaban J connectivity index is 1.70. The lowest BCUT2D eigenvalue weighted by molar-refractivity contribution is -0.265. The van der Waals surface area contributed by atoms with E-state index in [4.69, 9.17) is 23.7 Å². The molecular formula is C50H76INO13. The number of carbonyl (C=O) groups is 5. The van der Waals surface area contributed by atoms with Gasteiger partial charge in [-0.2, -0.15) is 0 Å². The van der Waals surface area contributed by atoms with Crippen LogP contribution >= 0.6 is 22.6 Å². The number of ketones is 3. The summed E-state index contributed by atoms with van der Waals surface area (Å²) >= 11 is 2.21. The van der Waals surface area contributed by atoms with Crippen molar-refractivity contribution in [2.75, 3.05) is 27.9 Å². The van der Waals surface area contributed by atoms with Crippen LogP contribution in [0.5, 0.6) is 0 Å². The molecule has 3 heterocycles. The summed E-state index contributed by atoms with van der Waals surface area (Å²) in [4.78, 5) is 71.8. The molecule has 3 aliphatic heterocycles. The Morgan fingerprint density at radius 2 is 1.58 bits per heavy atom. The van der Waals surface area contributed by atoms with Crippen LogP contribution in [-0.4, -0.2) is 136 Å². The molecule has 3 N–H and O–H groups in total. The highest BCUT2D eigenvalue weighted by molar-refractivity contribution is 14.1. The van der Waals surface area contributed by atoms with Crippen molar-refractivity contribution in [1.29, 1.82) is 0 Å². The van der Waals surface area contributed by atoms with Crippen molar-refractivity contribution in [1.82, 2.24) is 4.90 Å². The van der Waals surface area contributed by atoms with E-state index in [1.54, 1.807) is 41.1 Å². The van der Waals surface area contributed by atoms with Gasteiger partial charge in [-0.25, -0.2) is 4.79 Å². The number of esters is 1. The fourth-order valence-corrected chi connectivity index (χ4v) is 10.9. The van der Waals surface area contributed by atoms with Crippen LogP contribution in [0.3, 0.4) is 0 Å². The zero-order valence-corrected chi connectivity index (χ0v) is 42.1. The molecule has 366 valence electrons. The number of aliphatic hydroxyl groups excluding tert-OH is 2. The number of cyclic esters (lactones) is 1. The minimum absolute atomic E-state index is 0.0187. The Hall–Kier alpha value is -2.64. The Kier molecular flexibility index (Phi) is 21.7. The Labute approximate surface area is 400 Å². The van der Waals surface area contributed by atoms with Crippen LogP contribution in [0.15, 0.2) is 47.6 Å². The number of halogens is 1. The van der Waals surface area contributed by atoms with Gasteiger partial charge < -0.3 is 43.9 Å². The normalized spacial score (nSPS) is 40.4. The molecule has 15 heteroatoms. The summed E-state index contributed by atoms with van der Waals surface area (Å²) in [6.45, 7) is 10.8. The third-order valence-electron chi connectivity index (χ3n) is 14.1. The zero-order chi connectivity index (χ0) is 48.2. The highest BCUT2D eigenvalue weighted by Crippen LogP contribution is 2.38. The molecule has 65 heavy (non-hydrogen) atoms. The van der Waals surface area contributed by atoms with E-state index in [1.165, 1.54) is 12.0 Å². The maximum Gasteiger partial charge on any atom is 0.329 e.